The fourth-order valence-corrected chi connectivity index (χ4v) is 3.21. The van der Waals surface area contributed by atoms with Crippen molar-refractivity contribution in [3.8, 4) is 0 Å². The number of rotatable bonds is 9. The van der Waals surface area contributed by atoms with Gasteiger partial charge in [0.05, 0.1) is 12.6 Å². The Labute approximate surface area is 165 Å². The monoisotopic (exact) mass is 388 g/mol. The predicted molar refractivity (Wildman–Crippen MR) is 107 cm³/mol. The predicted octanol–water partition coefficient (Wildman–Crippen LogP) is 1.94. The van der Waals surface area contributed by atoms with Crippen LogP contribution in [0.3, 0.4) is 0 Å². The highest BCUT2D eigenvalue weighted by molar-refractivity contribution is 5.79. The van der Waals surface area contributed by atoms with Gasteiger partial charge < -0.3 is 19.9 Å². The van der Waals surface area contributed by atoms with Crippen molar-refractivity contribution in [1.29, 1.82) is 0 Å². The van der Waals surface area contributed by atoms with Gasteiger partial charge in [0.15, 0.2) is 5.96 Å². The minimum atomic E-state index is -0.171. The standard InChI is InChI=1S/C20H29FN6O/c1-2-19-26-25-15-27(19)12-11-23-20(24-14-17-7-5-13-28-17)22-10-9-16-6-3-4-8-18(16)21/h3-4,6,8,15,17H,2,5,7,9-14H2,1H3,(H2,22,23,24). The lowest BCUT2D eigenvalue weighted by atomic mass is 10.1. The van der Waals surface area contributed by atoms with E-state index in [0.717, 1.165) is 44.2 Å². The van der Waals surface area contributed by atoms with Gasteiger partial charge in [0, 0.05) is 32.7 Å². The number of aryl methyl sites for hydroxylation is 1. The van der Waals surface area contributed by atoms with Gasteiger partial charge in [-0.3, -0.25) is 4.99 Å². The third-order valence-corrected chi connectivity index (χ3v) is 4.78. The van der Waals surface area contributed by atoms with Gasteiger partial charge in [0.1, 0.15) is 18.0 Å². The van der Waals surface area contributed by atoms with Crippen LogP contribution in [-0.4, -0.2) is 53.1 Å². The highest BCUT2D eigenvalue weighted by Gasteiger charge is 2.15. The highest BCUT2D eigenvalue weighted by atomic mass is 19.1. The Bertz CT molecular complexity index is 757. The molecule has 1 aliphatic rings. The molecule has 1 fully saturated rings. The third-order valence-electron chi connectivity index (χ3n) is 4.78. The molecule has 2 heterocycles. The number of aromatic nitrogens is 3. The van der Waals surface area contributed by atoms with Gasteiger partial charge in [-0.25, -0.2) is 4.39 Å². The van der Waals surface area contributed by atoms with Crippen molar-refractivity contribution in [2.45, 2.75) is 45.3 Å². The second kappa shape index (κ2) is 10.8. The summed E-state index contributed by atoms with van der Waals surface area (Å²) < 4.78 is 21.5. The van der Waals surface area contributed by atoms with E-state index in [-0.39, 0.29) is 11.9 Å². The molecule has 0 bridgehead atoms. The zero-order chi connectivity index (χ0) is 19.6. The lowest BCUT2D eigenvalue weighted by Crippen LogP contribution is -2.40. The molecular formula is C20H29FN6O. The molecule has 1 aromatic heterocycles. The fraction of sp³-hybridized carbons (Fsp3) is 0.550. The Balaban J connectivity index is 1.51. The van der Waals surface area contributed by atoms with Gasteiger partial charge in [-0.15, -0.1) is 10.2 Å². The van der Waals surface area contributed by atoms with Crippen molar-refractivity contribution in [3.05, 3.63) is 47.8 Å². The molecule has 1 unspecified atom stereocenters. The van der Waals surface area contributed by atoms with Crippen LogP contribution < -0.4 is 10.6 Å². The molecule has 1 aromatic carbocycles. The van der Waals surface area contributed by atoms with E-state index in [1.165, 1.54) is 6.07 Å². The van der Waals surface area contributed by atoms with Crippen molar-refractivity contribution in [3.63, 3.8) is 0 Å². The van der Waals surface area contributed by atoms with Crippen molar-refractivity contribution in [2.24, 2.45) is 4.99 Å². The minimum Gasteiger partial charge on any atom is -0.376 e. The molecule has 7 nitrogen and oxygen atoms in total. The topological polar surface area (TPSA) is 76.4 Å². The largest absolute Gasteiger partial charge is 0.376 e. The summed E-state index contributed by atoms with van der Waals surface area (Å²) in [6.45, 7) is 5.56. The second-order valence-corrected chi connectivity index (χ2v) is 6.81. The van der Waals surface area contributed by atoms with E-state index in [1.54, 1.807) is 12.4 Å². The first-order valence-corrected chi connectivity index (χ1v) is 10.00. The molecule has 0 aliphatic carbocycles. The molecule has 0 radical (unpaired) electrons. The second-order valence-electron chi connectivity index (χ2n) is 6.81. The summed E-state index contributed by atoms with van der Waals surface area (Å²) >= 11 is 0. The van der Waals surface area contributed by atoms with E-state index in [9.17, 15) is 4.39 Å². The van der Waals surface area contributed by atoms with Crippen LogP contribution in [0.25, 0.3) is 0 Å². The summed E-state index contributed by atoms with van der Waals surface area (Å²) in [7, 11) is 0. The van der Waals surface area contributed by atoms with Crippen molar-refractivity contribution in [1.82, 2.24) is 25.4 Å². The van der Waals surface area contributed by atoms with E-state index in [0.29, 0.717) is 31.6 Å². The van der Waals surface area contributed by atoms with E-state index in [1.807, 2.05) is 16.7 Å². The summed E-state index contributed by atoms with van der Waals surface area (Å²) in [5.74, 6) is 1.51. The highest BCUT2D eigenvalue weighted by Crippen LogP contribution is 2.11. The summed E-state index contributed by atoms with van der Waals surface area (Å²) in [4.78, 5) is 4.66. The van der Waals surface area contributed by atoms with Gasteiger partial charge in [-0.1, -0.05) is 25.1 Å². The van der Waals surface area contributed by atoms with Gasteiger partial charge in [-0.2, -0.15) is 0 Å². The summed E-state index contributed by atoms with van der Waals surface area (Å²) in [6, 6.07) is 6.86. The van der Waals surface area contributed by atoms with Crippen LogP contribution in [0.4, 0.5) is 4.39 Å². The molecule has 2 aromatic rings. The normalized spacial score (nSPS) is 17.1. The van der Waals surface area contributed by atoms with Crippen molar-refractivity contribution >= 4 is 5.96 Å². The maximum absolute atomic E-state index is 13.8. The van der Waals surface area contributed by atoms with Gasteiger partial charge in [0.2, 0.25) is 0 Å². The quantitative estimate of drug-likeness (QED) is 0.507. The van der Waals surface area contributed by atoms with Crippen LogP contribution in [0, 0.1) is 5.82 Å². The van der Waals surface area contributed by atoms with E-state index >= 15 is 0 Å². The van der Waals surface area contributed by atoms with Gasteiger partial charge in [-0.05, 0) is 30.9 Å². The first-order valence-electron chi connectivity index (χ1n) is 10.00. The SMILES string of the molecule is CCc1nncn1CCNC(=NCC1CCCO1)NCCc1ccccc1F. The van der Waals surface area contributed by atoms with Crippen LogP contribution in [0.5, 0.6) is 0 Å². The molecular weight excluding hydrogens is 359 g/mol. The summed E-state index contributed by atoms with van der Waals surface area (Å²) in [6.07, 6.45) is 5.52. The van der Waals surface area contributed by atoms with E-state index in [4.69, 9.17) is 4.74 Å². The first-order chi connectivity index (χ1) is 13.8. The Kier molecular flexibility index (Phi) is 7.78. The number of benzene rings is 1. The van der Waals surface area contributed by atoms with Crippen molar-refractivity contribution in [2.75, 3.05) is 26.2 Å². The molecule has 8 heteroatoms. The smallest absolute Gasteiger partial charge is 0.191 e. The van der Waals surface area contributed by atoms with Crippen LogP contribution in [0.1, 0.15) is 31.2 Å². The third kappa shape index (κ3) is 6.02. The summed E-state index contributed by atoms with van der Waals surface area (Å²) in [5.41, 5.74) is 0.700. The molecule has 1 saturated heterocycles. The molecule has 28 heavy (non-hydrogen) atoms. The number of ether oxygens (including phenoxy) is 1. The maximum atomic E-state index is 13.8. The van der Waals surface area contributed by atoms with E-state index in [2.05, 4.69) is 32.7 Å². The van der Waals surface area contributed by atoms with E-state index < -0.39 is 0 Å². The van der Waals surface area contributed by atoms with Gasteiger partial charge in [0.25, 0.3) is 0 Å². The van der Waals surface area contributed by atoms with Crippen molar-refractivity contribution < 1.29 is 9.13 Å². The molecule has 152 valence electrons. The number of guanidine groups is 1. The fourth-order valence-electron chi connectivity index (χ4n) is 3.21. The Morgan fingerprint density at radius 3 is 2.96 bits per heavy atom. The lowest BCUT2D eigenvalue weighted by molar-refractivity contribution is 0.117. The zero-order valence-electron chi connectivity index (χ0n) is 16.4. The van der Waals surface area contributed by atoms with Crippen LogP contribution in [0.2, 0.25) is 0 Å². The molecule has 0 spiro atoms. The molecule has 1 atom stereocenters. The summed E-state index contributed by atoms with van der Waals surface area (Å²) in [5, 5.41) is 14.7. The first kappa shape index (κ1) is 20.3. The number of aliphatic imine (C=N–C) groups is 1. The van der Waals surface area contributed by atoms with Crippen LogP contribution in [-0.2, 0) is 24.1 Å². The minimum absolute atomic E-state index is 0.171. The number of nitrogens with one attached hydrogen (secondary N) is 2. The molecule has 0 amide bonds. The average molecular weight is 388 g/mol. The van der Waals surface area contributed by atoms with Crippen LogP contribution in [0.15, 0.2) is 35.6 Å². The lowest BCUT2D eigenvalue weighted by Gasteiger charge is -2.15. The maximum Gasteiger partial charge on any atom is 0.191 e. The number of nitrogens with zero attached hydrogens (tertiary/aromatic N) is 4. The molecule has 2 N–H and O–H groups in total. The zero-order valence-corrected chi connectivity index (χ0v) is 16.4. The van der Waals surface area contributed by atoms with Crippen LogP contribution >= 0.6 is 0 Å². The molecule has 0 saturated carbocycles. The van der Waals surface area contributed by atoms with Gasteiger partial charge >= 0.3 is 0 Å². The number of hydrogen-bond donors (Lipinski definition) is 2. The Hall–Kier alpha value is -2.48. The molecule has 1 aliphatic heterocycles. The number of halogens is 1. The number of hydrogen-bond acceptors (Lipinski definition) is 4. The Morgan fingerprint density at radius 1 is 1.32 bits per heavy atom. The molecule has 3 rings (SSSR count). The average Bonchev–Trinajstić information content (AvgIpc) is 3.38. The Morgan fingerprint density at radius 2 is 2.18 bits per heavy atom.